The summed E-state index contributed by atoms with van der Waals surface area (Å²) in [6.45, 7) is 0.209. The monoisotopic (exact) mass is 301 g/mol. The molecule has 92 valence electrons. The number of amides is 1. The largest absolute Gasteiger partial charge is 0.493 e. The van der Waals surface area contributed by atoms with Gasteiger partial charge in [0, 0.05) is 11.5 Å². The fourth-order valence-corrected chi connectivity index (χ4v) is 1.56. The van der Waals surface area contributed by atoms with Gasteiger partial charge in [0.25, 0.3) is 0 Å². The Morgan fingerprint density at radius 2 is 2.18 bits per heavy atom. The molecule has 2 N–H and O–H groups in total. The molecular weight excluding hydrogens is 290 g/mol. The first-order chi connectivity index (χ1) is 8.04. The van der Waals surface area contributed by atoms with Crippen LogP contribution in [0.3, 0.4) is 0 Å². The highest BCUT2D eigenvalue weighted by Crippen LogP contribution is 2.22. The van der Waals surface area contributed by atoms with Gasteiger partial charge in [0.15, 0.2) is 0 Å². The zero-order chi connectivity index (χ0) is 12.8. The van der Waals surface area contributed by atoms with Gasteiger partial charge in [0.1, 0.15) is 5.75 Å². The summed E-state index contributed by atoms with van der Waals surface area (Å²) in [5, 5.41) is 11.4. The highest BCUT2D eigenvalue weighted by Gasteiger charge is 2.09. The first kappa shape index (κ1) is 13.5. The van der Waals surface area contributed by atoms with Crippen molar-refractivity contribution in [2.75, 3.05) is 13.7 Å². The van der Waals surface area contributed by atoms with Gasteiger partial charge in [-0.25, -0.2) is 4.79 Å². The molecule has 0 bridgehead atoms. The normalized spacial score (nSPS) is 9.76. The number of carboxylic acid groups (broad SMARTS) is 1. The fourth-order valence-electron chi connectivity index (χ4n) is 1.14. The highest BCUT2D eigenvalue weighted by atomic mass is 79.9. The van der Waals surface area contributed by atoms with Crippen LogP contribution in [-0.4, -0.2) is 30.6 Å². The smallest absolute Gasteiger partial charge is 0.336 e. The summed E-state index contributed by atoms with van der Waals surface area (Å²) >= 11 is 3.13. The van der Waals surface area contributed by atoms with E-state index in [0.29, 0.717) is 10.2 Å². The standard InChI is InChI=1S/C11H12BrNO4/c1-13-10(14)4-5-17-7-2-3-9(12)8(6-7)11(15)16/h2-3,6H,4-5H2,1H3,(H,13,14)(H,15,16). The molecule has 0 aliphatic carbocycles. The van der Waals surface area contributed by atoms with Crippen LogP contribution in [0, 0.1) is 0 Å². The van der Waals surface area contributed by atoms with Gasteiger partial charge in [0.05, 0.1) is 18.6 Å². The van der Waals surface area contributed by atoms with E-state index in [-0.39, 0.29) is 24.5 Å². The third-order valence-electron chi connectivity index (χ3n) is 2.04. The van der Waals surface area contributed by atoms with Crippen LogP contribution in [0.4, 0.5) is 0 Å². The van der Waals surface area contributed by atoms with Gasteiger partial charge in [-0.15, -0.1) is 0 Å². The van der Waals surface area contributed by atoms with Gasteiger partial charge in [0.2, 0.25) is 5.91 Å². The Morgan fingerprint density at radius 3 is 2.76 bits per heavy atom. The average Bonchev–Trinajstić information content (AvgIpc) is 2.30. The lowest BCUT2D eigenvalue weighted by atomic mass is 10.2. The number of carbonyl (C=O) groups is 2. The Balaban J connectivity index is 2.63. The van der Waals surface area contributed by atoms with Gasteiger partial charge < -0.3 is 15.2 Å². The number of benzene rings is 1. The van der Waals surface area contributed by atoms with Crippen molar-refractivity contribution in [3.8, 4) is 5.75 Å². The number of rotatable bonds is 5. The van der Waals surface area contributed by atoms with Crippen molar-refractivity contribution >= 4 is 27.8 Å². The summed E-state index contributed by atoms with van der Waals surface area (Å²) in [4.78, 5) is 21.8. The molecule has 0 aliphatic heterocycles. The minimum absolute atomic E-state index is 0.124. The maximum absolute atomic E-state index is 10.9. The van der Waals surface area contributed by atoms with Crippen molar-refractivity contribution in [1.29, 1.82) is 0 Å². The third-order valence-corrected chi connectivity index (χ3v) is 2.74. The number of aromatic carboxylic acids is 1. The molecular formula is C11H12BrNO4. The maximum atomic E-state index is 10.9. The van der Waals surface area contributed by atoms with E-state index in [2.05, 4.69) is 21.2 Å². The molecule has 1 aromatic rings. The number of carbonyl (C=O) groups excluding carboxylic acids is 1. The van der Waals surface area contributed by atoms with Gasteiger partial charge >= 0.3 is 5.97 Å². The van der Waals surface area contributed by atoms with E-state index in [1.165, 1.54) is 6.07 Å². The Bertz CT molecular complexity index is 433. The van der Waals surface area contributed by atoms with Crippen molar-refractivity contribution in [3.05, 3.63) is 28.2 Å². The van der Waals surface area contributed by atoms with E-state index < -0.39 is 5.97 Å². The molecule has 0 spiro atoms. The second kappa shape index (κ2) is 6.24. The molecule has 1 amide bonds. The number of ether oxygens (including phenoxy) is 1. The van der Waals surface area contributed by atoms with Crippen LogP contribution in [0.5, 0.6) is 5.75 Å². The van der Waals surface area contributed by atoms with E-state index in [1.54, 1.807) is 19.2 Å². The van der Waals surface area contributed by atoms with E-state index in [0.717, 1.165) is 0 Å². The summed E-state index contributed by atoms with van der Waals surface area (Å²) < 4.78 is 5.77. The lowest BCUT2D eigenvalue weighted by molar-refractivity contribution is -0.121. The molecule has 0 unspecified atom stereocenters. The lowest BCUT2D eigenvalue weighted by Gasteiger charge is -2.07. The predicted molar refractivity (Wildman–Crippen MR) is 65.3 cm³/mol. The van der Waals surface area contributed by atoms with E-state index in [1.807, 2.05) is 0 Å². The van der Waals surface area contributed by atoms with E-state index in [9.17, 15) is 9.59 Å². The summed E-state index contributed by atoms with van der Waals surface area (Å²) in [6.07, 6.45) is 0.231. The Hall–Kier alpha value is -1.56. The predicted octanol–water partition coefficient (Wildman–Crippen LogP) is 1.66. The van der Waals surface area contributed by atoms with E-state index >= 15 is 0 Å². The highest BCUT2D eigenvalue weighted by molar-refractivity contribution is 9.10. The van der Waals surface area contributed by atoms with Gasteiger partial charge in [-0.3, -0.25) is 4.79 Å². The second-order valence-corrected chi connectivity index (χ2v) is 4.07. The first-order valence-corrected chi connectivity index (χ1v) is 5.70. The third kappa shape index (κ3) is 4.07. The van der Waals surface area contributed by atoms with Crippen molar-refractivity contribution < 1.29 is 19.4 Å². The summed E-state index contributed by atoms with van der Waals surface area (Å²) in [5.41, 5.74) is 0.127. The molecule has 5 nitrogen and oxygen atoms in total. The topological polar surface area (TPSA) is 75.6 Å². The van der Waals surface area contributed by atoms with Crippen LogP contribution in [0.1, 0.15) is 16.8 Å². The Kier molecular flexibility index (Phi) is 4.96. The molecule has 0 saturated heterocycles. The number of carboxylic acids is 1. The average molecular weight is 302 g/mol. The quantitative estimate of drug-likeness (QED) is 0.867. The summed E-state index contributed by atoms with van der Waals surface area (Å²) in [6, 6.07) is 4.65. The molecule has 0 atom stereocenters. The molecule has 0 saturated carbocycles. The number of nitrogens with one attached hydrogen (secondary N) is 1. The molecule has 1 aromatic carbocycles. The first-order valence-electron chi connectivity index (χ1n) is 4.91. The van der Waals surface area contributed by atoms with Crippen molar-refractivity contribution in [1.82, 2.24) is 5.32 Å². The molecule has 0 fully saturated rings. The Labute approximate surface area is 107 Å². The van der Waals surface area contributed by atoms with Gasteiger partial charge in [-0.05, 0) is 34.1 Å². The van der Waals surface area contributed by atoms with Crippen LogP contribution >= 0.6 is 15.9 Å². The molecule has 6 heteroatoms. The SMILES string of the molecule is CNC(=O)CCOc1ccc(Br)c(C(=O)O)c1. The summed E-state index contributed by atoms with van der Waals surface area (Å²) in [7, 11) is 1.55. The molecule has 0 aromatic heterocycles. The molecule has 17 heavy (non-hydrogen) atoms. The minimum atomic E-state index is -1.03. The molecule has 0 aliphatic rings. The fraction of sp³-hybridized carbons (Fsp3) is 0.273. The number of hydrogen-bond donors (Lipinski definition) is 2. The second-order valence-electron chi connectivity index (χ2n) is 3.22. The van der Waals surface area contributed by atoms with Crippen LogP contribution in [-0.2, 0) is 4.79 Å². The molecule has 0 heterocycles. The maximum Gasteiger partial charge on any atom is 0.336 e. The van der Waals surface area contributed by atoms with Crippen molar-refractivity contribution in [3.63, 3.8) is 0 Å². The lowest BCUT2D eigenvalue weighted by Crippen LogP contribution is -2.20. The number of halogens is 1. The molecule has 0 radical (unpaired) electrons. The molecule has 1 rings (SSSR count). The zero-order valence-corrected chi connectivity index (χ0v) is 10.8. The van der Waals surface area contributed by atoms with Crippen molar-refractivity contribution in [2.24, 2.45) is 0 Å². The van der Waals surface area contributed by atoms with Crippen molar-refractivity contribution in [2.45, 2.75) is 6.42 Å². The van der Waals surface area contributed by atoms with Gasteiger partial charge in [-0.2, -0.15) is 0 Å². The minimum Gasteiger partial charge on any atom is -0.493 e. The van der Waals surface area contributed by atoms with Crippen LogP contribution in [0.25, 0.3) is 0 Å². The van der Waals surface area contributed by atoms with Gasteiger partial charge in [-0.1, -0.05) is 0 Å². The Morgan fingerprint density at radius 1 is 1.47 bits per heavy atom. The van der Waals surface area contributed by atoms with Crippen LogP contribution in [0.15, 0.2) is 22.7 Å². The van der Waals surface area contributed by atoms with E-state index in [4.69, 9.17) is 9.84 Å². The van der Waals surface area contributed by atoms with Crippen LogP contribution in [0.2, 0.25) is 0 Å². The zero-order valence-electron chi connectivity index (χ0n) is 9.20. The number of hydrogen-bond acceptors (Lipinski definition) is 3. The van der Waals surface area contributed by atoms with Crippen LogP contribution < -0.4 is 10.1 Å². The summed E-state index contributed by atoms with van der Waals surface area (Å²) in [5.74, 6) is -0.733.